The number of carbonyl (C=O) groups is 1. The van der Waals surface area contributed by atoms with Gasteiger partial charge in [-0.05, 0) is 68.1 Å². The van der Waals surface area contributed by atoms with Crippen LogP contribution in [0.15, 0.2) is 36.4 Å². The van der Waals surface area contributed by atoms with E-state index in [2.05, 4.69) is 31.2 Å². The summed E-state index contributed by atoms with van der Waals surface area (Å²) in [4.78, 5) is 10.5. The molecule has 0 spiro atoms. The van der Waals surface area contributed by atoms with Gasteiger partial charge in [-0.1, -0.05) is 44.4 Å². The molecular formula is C22H32O3. The van der Waals surface area contributed by atoms with Crippen molar-refractivity contribution in [3.05, 3.63) is 42.0 Å². The Hall–Kier alpha value is -1.77. The number of aliphatic carboxylic acids is 1. The summed E-state index contributed by atoms with van der Waals surface area (Å²) in [6, 6.07) is 8.65. The third-order valence-electron chi connectivity index (χ3n) is 5.19. The van der Waals surface area contributed by atoms with Crippen LogP contribution >= 0.6 is 0 Å². The molecule has 0 heterocycles. The second-order valence-electron chi connectivity index (χ2n) is 7.17. The Balaban J connectivity index is 1.71. The molecule has 3 nitrogen and oxygen atoms in total. The minimum Gasteiger partial charge on any atom is -0.494 e. The van der Waals surface area contributed by atoms with E-state index in [1.807, 2.05) is 0 Å². The predicted octanol–water partition coefficient (Wildman–Crippen LogP) is 5.95. The molecule has 0 atom stereocenters. The lowest BCUT2D eigenvalue weighted by Gasteiger charge is -2.28. The van der Waals surface area contributed by atoms with E-state index in [1.54, 1.807) is 6.08 Å². The van der Waals surface area contributed by atoms with Gasteiger partial charge in [-0.2, -0.15) is 0 Å². The first-order valence-corrected chi connectivity index (χ1v) is 9.81. The number of allylic oxidation sites excluding steroid dienone is 1. The topological polar surface area (TPSA) is 46.5 Å². The smallest absolute Gasteiger partial charge is 0.327 e. The number of benzene rings is 1. The minimum atomic E-state index is -0.846. The molecule has 0 amide bonds. The van der Waals surface area contributed by atoms with Crippen molar-refractivity contribution < 1.29 is 14.6 Å². The van der Waals surface area contributed by atoms with Crippen LogP contribution in [0.3, 0.4) is 0 Å². The first-order valence-electron chi connectivity index (χ1n) is 9.81. The summed E-state index contributed by atoms with van der Waals surface area (Å²) in [7, 11) is 0. The van der Waals surface area contributed by atoms with Crippen molar-refractivity contribution >= 4 is 5.97 Å². The van der Waals surface area contributed by atoms with Gasteiger partial charge >= 0.3 is 5.97 Å². The van der Waals surface area contributed by atoms with Gasteiger partial charge in [-0.3, -0.25) is 0 Å². The second-order valence-corrected chi connectivity index (χ2v) is 7.17. The molecule has 138 valence electrons. The Kier molecular flexibility index (Phi) is 8.58. The summed E-state index contributed by atoms with van der Waals surface area (Å²) >= 11 is 0. The third kappa shape index (κ3) is 7.33. The van der Waals surface area contributed by atoms with E-state index in [0.717, 1.165) is 25.2 Å². The molecule has 2 rings (SSSR count). The standard InChI is InChI=1S/C22H32O3/c1-2-3-4-5-17-25-21-15-13-20(14-16-21)19-11-9-18(10-12-19)7-6-8-22(23)24/h6,8,13-16,18-19H,2-5,7,9-12,17H2,1H3,(H,23,24)/b8-6+. The molecule has 1 fully saturated rings. The van der Waals surface area contributed by atoms with E-state index in [-0.39, 0.29) is 0 Å². The van der Waals surface area contributed by atoms with E-state index < -0.39 is 5.97 Å². The van der Waals surface area contributed by atoms with E-state index in [9.17, 15) is 4.79 Å². The Morgan fingerprint density at radius 3 is 2.48 bits per heavy atom. The lowest BCUT2D eigenvalue weighted by atomic mass is 9.77. The van der Waals surface area contributed by atoms with Crippen LogP contribution in [0.1, 0.15) is 76.2 Å². The van der Waals surface area contributed by atoms with Gasteiger partial charge in [0.1, 0.15) is 5.75 Å². The maximum Gasteiger partial charge on any atom is 0.327 e. The predicted molar refractivity (Wildman–Crippen MR) is 102 cm³/mol. The lowest BCUT2D eigenvalue weighted by molar-refractivity contribution is -0.131. The molecular weight excluding hydrogens is 312 g/mol. The van der Waals surface area contributed by atoms with E-state index in [0.29, 0.717) is 11.8 Å². The summed E-state index contributed by atoms with van der Waals surface area (Å²) < 4.78 is 5.82. The molecule has 1 aromatic rings. The maximum atomic E-state index is 10.5. The molecule has 0 saturated heterocycles. The third-order valence-corrected chi connectivity index (χ3v) is 5.19. The van der Waals surface area contributed by atoms with E-state index in [1.165, 1.54) is 56.6 Å². The minimum absolute atomic E-state index is 0.637. The fourth-order valence-electron chi connectivity index (χ4n) is 3.65. The second kappa shape index (κ2) is 11.0. The maximum absolute atomic E-state index is 10.5. The number of hydrogen-bond donors (Lipinski definition) is 1. The Morgan fingerprint density at radius 2 is 1.84 bits per heavy atom. The zero-order valence-electron chi connectivity index (χ0n) is 15.5. The van der Waals surface area contributed by atoms with E-state index in [4.69, 9.17) is 9.84 Å². The number of ether oxygens (including phenoxy) is 1. The van der Waals surface area contributed by atoms with Crippen LogP contribution in [0.4, 0.5) is 0 Å². The quantitative estimate of drug-likeness (QED) is 0.421. The van der Waals surface area contributed by atoms with Crippen LogP contribution in [0.25, 0.3) is 0 Å². The van der Waals surface area contributed by atoms with Crippen molar-refractivity contribution in [3.8, 4) is 5.75 Å². The number of unbranched alkanes of at least 4 members (excludes halogenated alkanes) is 3. The van der Waals surface area contributed by atoms with Crippen LogP contribution in [-0.4, -0.2) is 17.7 Å². The molecule has 3 heteroatoms. The highest BCUT2D eigenvalue weighted by atomic mass is 16.5. The fourth-order valence-corrected chi connectivity index (χ4v) is 3.65. The zero-order chi connectivity index (χ0) is 17.9. The van der Waals surface area contributed by atoms with Crippen molar-refractivity contribution in [1.29, 1.82) is 0 Å². The van der Waals surface area contributed by atoms with Crippen LogP contribution < -0.4 is 4.74 Å². The van der Waals surface area contributed by atoms with Crippen molar-refractivity contribution in [3.63, 3.8) is 0 Å². The number of carboxylic acids is 1. The van der Waals surface area contributed by atoms with Crippen molar-refractivity contribution in [2.24, 2.45) is 5.92 Å². The molecule has 1 aliphatic carbocycles. The highest BCUT2D eigenvalue weighted by molar-refractivity contribution is 5.79. The highest BCUT2D eigenvalue weighted by Gasteiger charge is 2.21. The van der Waals surface area contributed by atoms with Crippen molar-refractivity contribution in [2.45, 2.75) is 70.6 Å². The summed E-state index contributed by atoms with van der Waals surface area (Å²) in [5.74, 6) is 1.41. The van der Waals surface area contributed by atoms with Gasteiger partial charge < -0.3 is 9.84 Å². The molecule has 1 N–H and O–H groups in total. The highest BCUT2D eigenvalue weighted by Crippen LogP contribution is 2.37. The van der Waals surface area contributed by atoms with Crippen molar-refractivity contribution in [2.75, 3.05) is 6.61 Å². The molecule has 1 aromatic carbocycles. The summed E-state index contributed by atoms with van der Waals surface area (Å²) in [5, 5.41) is 8.65. The van der Waals surface area contributed by atoms with Crippen LogP contribution in [0.2, 0.25) is 0 Å². The molecule has 1 saturated carbocycles. The SMILES string of the molecule is CCCCCCOc1ccc(C2CCC(C/C=C/C(=O)O)CC2)cc1. The Morgan fingerprint density at radius 1 is 1.12 bits per heavy atom. The monoisotopic (exact) mass is 344 g/mol. The van der Waals surface area contributed by atoms with Gasteiger partial charge in [0.2, 0.25) is 0 Å². The summed E-state index contributed by atoms with van der Waals surface area (Å²) in [6.07, 6.45) is 13.7. The fraction of sp³-hybridized carbons (Fsp3) is 0.591. The number of rotatable bonds is 10. The van der Waals surface area contributed by atoms with E-state index >= 15 is 0 Å². The molecule has 25 heavy (non-hydrogen) atoms. The lowest BCUT2D eigenvalue weighted by Crippen LogP contribution is -2.13. The van der Waals surface area contributed by atoms with Crippen LogP contribution in [-0.2, 0) is 4.79 Å². The first kappa shape index (κ1) is 19.6. The number of carboxylic acid groups (broad SMARTS) is 1. The van der Waals surface area contributed by atoms with Gasteiger partial charge in [0.25, 0.3) is 0 Å². The van der Waals surface area contributed by atoms with Gasteiger partial charge in [-0.25, -0.2) is 4.79 Å². The molecule has 0 aliphatic heterocycles. The van der Waals surface area contributed by atoms with Gasteiger partial charge in [0.15, 0.2) is 0 Å². The molecule has 0 unspecified atom stereocenters. The average Bonchev–Trinajstić information content (AvgIpc) is 2.62. The van der Waals surface area contributed by atoms with Gasteiger partial charge in [0, 0.05) is 6.08 Å². The van der Waals surface area contributed by atoms with Gasteiger partial charge in [-0.15, -0.1) is 0 Å². The van der Waals surface area contributed by atoms with Gasteiger partial charge in [0.05, 0.1) is 6.61 Å². The Labute approximate surface area is 152 Å². The average molecular weight is 344 g/mol. The van der Waals surface area contributed by atoms with Crippen LogP contribution in [0, 0.1) is 5.92 Å². The molecule has 1 aliphatic rings. The summed E-state index contributed by atoms with van der Waals surface area (Å²) in [6.45, 7) is 3.04. The molecule has 0 radical (unpaired) electrons. The largest absolute Gasteiger partial charge is 0.494 e. The molecule has 0 aromatic heterocycles. The first-order chi connectivity index (χ1) is 12.2. The summed E-state index contributed by atoms with van der Waals surface area (Å²) in [5.41, 5.74) is 1.41. The number of hydrogen-bond acceptors (Lipinski definition) is 2. The van der Waals surface area contributed by atoms with Crippen LogP contribution in [0.5, 0.6) is 5.75 Å². The molecule has 0 bridgehead atoms. The zero-order valence-corrected chi connectivity index (χ0v) is 15.5. The normalized spacial score (nSPS) is 20.7. The Bertz CT molecular complexity index is 525. The van der Waals surface area contributed by atoms with Crippen molar-refractivity contribution in [1.82, 2.24) is 0 Å².